The topological polar surface area (TPSA) is 62.7 Å². The van der Waals surface area contributed by atoms with Gasteiger partial charge in [-0.25, -0.2) is 4.79 Å². The number of aromatic nitrogens is 1. The number of carbonyl (C=O) groups is 1. The van der Waals surface area contributed by atoms with Gasteiger partial charge in [0.1, 0.15) is 5.75 Å². The van der Waals surface area contributed by atoms with Crippen LogP contribution in [0.25, 0.3) is 0 Å². The first-order valence-electron chi connectivity index (χ1n) is 10.7. The van der Waals surface area contributed by atoms with Crippen LogP contribution < -0.4 is 9.64 Å². The van der Waals surface area contributed by atoms with Gasteiger partial charge in [0, 0.05) is 48.4 Å². The van der Waals surface area contributed by atoms with E-state index in [0.29, 0.717) is 24.5 Å². The standard InChI is InChI=1S/C26H28N2O3/c1-17(2)18-6-8-21(9-7-18)28(3)22-10-11-23-20(16-31-25(23)14-22)5-4-19-15-27-13-12-24(19)26(29)30/h6-15,17,20H,4-5,16H2,1-3H3,(H,29,30)/t20-/m1/s1. The van der Waals surface area contributed by atoms with Gasteiger partial charge in [-0.3, -0.25) is 4.98 Å². The first-order chi connectivity index (χ1) is 14.9. The Kier molecular flexibility index (Phi) is 5.94. The molecule has 0 saturated heterocycles. The van der Waals surface area contributed by atoms with Crippen molar-refractivity contribution in [1.82, 2.24) is 4.98 Å². The molecule has 0 fully saturated rings. The SMILES string of the molecule is CC(C)c1ccc(N(C)c2ccc3c(c2)OC[C@H]3CCc2cnccc2C(=O)O)cc1. The number of fused-ring (bicyclic) bond motifs is 1. The molecule has 0 saturated carbocycles. The molecule has 1 N–H and O–H groups in total. The number of carboxylic acids is 1. The maximum atomic E-state index is 11.4. The van der Waals surface area contributed by atoms with Gasteiger partial charge in [-0.15, -0.1) is 0 Å². The van der Waals surface area contributed by atoms with Crippen LogP contribution in [0.1, 0.15) is 59.2 Å². The third-order valence-electron chi connectivity index (χ3n) is 6.11. The van der Waals surface area contributed by atoms with Crippen LogP contribution in [0.4, 0.5) is 11.4 Å². The molecule has 0 aliphatic carbocycles. The second-order valence-corrected chi connectivity index (χ2v) is 8.41. The first kappa shape index (κ1) is 20.9. The van der Waals surface area contributed by atoms with E-state index in [-0.39, 0.29) is 5.92 Å². The molecule has 0 unspecified atom stereocenters. The lowest BCUT2D eigenvalue weighted by atomic mass is 9.93. The second kappa shape index (κ2) is 8.80. The largest absolute Gasteiger partial charge is 0.493 e. The van der Waals surface area contributed by atoms with Crippen LogP contribution in [0.5, 0.6) is 5.75 Å². The minimum absolute atomic E-state index is 0.251. The Bertz CT molecular complexity index is 1080. The quantitative estimate of drug-likeness (QED) is 0.529. The Balaban J connectivity index is 1.47. The summed E-state index contributed by atoms with van der Waals surface area (Å²) in [6, 6.07) is 16.6. The number of hydrogen-bond donors (Lipinski definition) is 1. The van der Waals surface area contributed by atoms with Crippen LogP contribution >= 0.6 is 0 Å². The van der Waals surface area contributed by atoms with Crippen molar-refractivity contribution >= 4 is 17.3 Å². The van der Waals surface area contributed by atoms with Crippen molar-refractivity contribution in [3.05, 3.63) is 83.2 Å². The molecule has 2 heterocycles. The van der Waals surface area contributed by atoms with Crippen molar-refractivity contribution in [1.29, 1.82) is 0 Å². The normalized spacial score (nSPS) is 14.9. The van der Waals surface area contributed by atoms with E-state index >= 15 is 0 Å². The summed E-state index contributed by atoms with van der Waals surface area (Å²) in [5.74, 6) is 0.775. The summed E-state index contributed by atoms with van der Waals surface area (Å²) in [5, 5.41) is 9.38. The zero-order chi connectivity index (χ0) is 22.0. The van der Waals surface area contributed by atoms with E-state index in [0.717, 1.165) is 29.1 Å². The van der Waals surface area contributed by atoms with Crippen molar-refractivity contribution in [2.24, 2.45) is 0 Å². The van der Waals surface area contributed by atoms with Gasteiger partial charge >= 0.3 is 5.97 Å². The van der Waals surface area contributed by atoms with Crippen LogP contribution in [0.15, 0.2) is 60.9 Å². The molecule has 5 nitrogen and oxygen atoms in total. The summed E-state index contributed by atoms with van der Waals surface area (Å²) in [6.45, 7) is 5.02. The number of rotatable bonds is 7. The van der Waals surface area contributed by atoms with Crippen LogP contribution in [-0.4, -0.2) is 29.7 Å². The highest BCUT2D eigenvalue weighted by molar-refractivity contribution is 5.89. The molecule has 31 heavy (non-hydrogen) atoms. The molecule has 0 spiro atoms. The third-order valence-corrected chi connectivity index (χ3v) is 6.11. The average Bonchev–Trinajstić information content (AvgIpc) is 3.19. The number of aryl methyl sites for hydroxylation is 1. The first-order valence-corrected chi connectivity index (χ1v) is 10.7. The van der Waals surface area contributed by atoms with Crippen LogP contribution in [0.3, 0.4) is 0 Å². The highest BCUT2D eigenvalue weighted by atomic mass is 16.5. The molecule has 3 aromatic rings. The smallest absolute Gasteiger partial charge is 0.336 e. The van der Waals surface area contributed by atoms with Gasteiger partial charge in [-0.1, -0.05) is 32.0 Å². The molecule has 5 heteroatoms. The van der Waals surface area contributed by atoms with Crippen molar-refractivity contribution in [3.63, 3.8) is 0 Å². The Morgan fingerprint density at radius 3 is 2.61 bits per heavy atom. The predicted octanol–water partition coefficient (Wildman–Crippen LogP) is 5.78. The molecular formula is C26H28N2O3. The molecule has 0 amide bonds. The maximum absolute atomic E-state index is 11.4. The van der Waals surface area contributed by atoms with Gasteiger partial charge in [-0.2, -0.15) is 0 Å². The number of nitrogens with zero attached hydrogens (tertiary/aromatic N) is 2. The van der Waals surface area contributed by atoms with Gasteiger partial charge in [0.2, 0.25) is 0 Å². The Hall–Kier alpha value is -3.34. The summed E-state index contributed by atoms with van der Waals surface area (Å²) in [7, 11) is 2.06. The molecule has 4 rings (SSSR count). The van der Waals surface area contributed by atoms with Crippen molar-refractivity contribution in [3.8, 4) is 5.75 Å². The highest BCUT2D eigenvalue weighted by Crippen LogP contribution is 2.40. The Morgan fingerprint density at radius 1 is 1.16 bits per heavy atom. The molecule has 1 aromatic heterocycles. The van der Waals surface area contributed by atoms with Crippen LogP contribution in [0, 0.1) is 0 Å². The Morgan fingerprint density at radius 2 is 1.90 bits per heavy atom. The number of carboxylic acid groups (broad SMARTS) is 1. The third kappa shape index (κ3) is 4.41. The van der Waals surface area contributed by atoms with Gasteiger partial charge in [-0.05, 0) is 54.2 Å². The average molecular weight is 417 g/mol. The monoisotopic (exact) mass is 416 g/mol. The zero-order valence-corrected chi connectivity index (χ0v) is 18.2. The number of hydrogen-bond acceptors (Lipinski definition) is 4. The lowest BCUT2D eigenvalue weighted by Gasteiger charge is -2.21. The molecule has 1 aliphatic rings. The van der Waals surface area contributed by atoms with E-state index in [1.165, 1.54) is 17.3 Å². The van der Waals surface area contributed by atoms with Gasteiger partial charge in [0.05, 0.1) is 12.2 Å². The number of benzene rings is 2. The van der Waals surface area contributed by atoms with Crippen LogP contribution in [-0.2, 0) is 6.42 Å². The molecule has 160 valence electrons. The van der Waals surface area contributed by atoms with E-state index in [1.807, 2.05) is 0 Å². The number of anilines is 2. The minimum atomic E-state index is -0.908. The zero-order valence-electron chi connectivity index (χ0n) is 18.2. The molecule has 1 aliphatic heterocycles. The number of pyridine rings is 1. The lowest BCUT2D eigenvalue weighted by molar-refractivity contribution is 0.0695. The second-order valence-electron chi connectivity index (χ2n) is 8.41. The lowest BCUT2D eigenvalue weighted by Crippen LogP contribution is -2.09. The fourth-order valence-corrected chi connectivity index (χ4v) is 4.11. The summed E-state index contributed by atoms with van der Waals surface area (Å²) in [5.41, 5.74) is 5.83. The molecule has 0 radical (unpaired) electrons. The van der Waals surface area contributed by atoms with E-state index in [2.05, 4.69) is 73.2 Å². The summed E-state index contributed by atoms with van der Waals surface area (Å²) in [4.78, 5) is 17.7. The number of aromatic carboxylic acids is 1. The van der Waals surface area contributed by atoms with Gasteiger partial charge < -0.3 is 14.7 Å². The minimum Gasteiger partial charge on any atom is -0.493 e. The fourth-order valence-electron chi connectivity index (χ4n) is 4.11. The Labute approximate surface area is 183 Å². The fraction of sp³-hybridized carbons (Fsp3) is 0.308. The van der Waals surface area contributed by atoms with Crippen molar-refractivity contribution in [2.75, 3.05) is 18.6 Å². The number of ether oxygens (including phenoxy) is 1. The van der Waals surface area contributed by atoms with Gasteiger partial charge in [0.15, 0.2) is 0 Å². The summed E-state index contributed by atoms with van der Waals surface area (Å²) < 4.78 is 6.00. The van der Waals surface area contributed by atoms with E-state index in [4.69, 9.17) is 4.74 Å². The van der Waals surface area contributed by atoms with E-state index in [9.17, 15) is 9.90 Å². The van der Waals surface area contributed by atoms with Crippen molar-refractivity contribution < 1.29 is 14.6 Å². The molecule has 1 atom stereocenters. The summed E-state index contributed by atoms with van der Waals surface area (Å²) >= 11 is 0. The van der Waals surface area contributed by atoms with Crippen LogP contribution in [0.2, 0.25) is 0 Å². The molecule has 2 aromatic carbocycles. The summed E-state index contributed by atoms with van der Waals surface area (Å²) in [6.07, 6.45) is 4.66. The molecular weight excluding hydrogens is 388 g/mol. The van der Waals surface area contributed by atoms with Gasteiger partial charge in [0.25, 0.3) is 0 Å². The maximum Gasteiger partial charge on any atom is 0.336 e. The molecule has 0 bridgehead atoms. The van der Waals surface area contributed by atoms with E-state index < -0.39 is 5.97 Å². The highest BCUT2D eigenvalue weighted by Gasteiger charge is 2.25. The van der Waals surface area contributed by atoms with Crippen molar-refractivity contribution in [2.45, 2.75) is 38.5 Å². The predicted molar refractivity (Wildman–Crippen MR) is 123 cm³/mol. The van der Waals surface area contributed by atoms with E-state index in [1.54, 1.807) is 12.3 Å².